The molecule has 1 aromatic heterocycles. The van der Waals surface area contributed by atoms with Crippen molar-refractivity contribution in [2.75, 3.05) is 26.8 Å². The molecule has 5 rings (SSSR count). The van der Waals surface area contributed by atoms with Crippen LogP contribution in [0, 0.1) is 11.3 Å². The summed E-state index contributed by atoms with van der Waals surface area (Å²) in [4.78, 5) is 19.3. The van der Waals surface area contributed by atoms with Crippen molar-refractivity contribution in [2.24, 2.45) is 16.0 Å². The number of aliphatic imine (C=N–C) groups is 1. The van der Waals surface area contributed by atoms with E-state index in [1.807, 2.05) is 47.2 Å². The van der Waals surface area contributed by atoms with Gasteiger partial charge in [-0.05, 0) is 60.9 Å². The van der Waals surface area contributed by atoms with E-state index in [0.29, 0.717) is 35.7 Å². The van der Waals surface area contributed by atoms with Crippen LogP contribution in [0.1, 0.15) is 25.5 Å². The average Bonchev–Trinajstić information content (AvgIpc) is 3.49. The molecule has 0 aliphatic carbocycles. The SMILES string of the molecule is COc1ccccc1OCCn1cccc1/C=C1\C(=N)N2N=C(N3CCC(C)CC3)SC2=NC1=O. The summed E-state index contributed by atoms with van der Waals surface area (Å²) >= 11 is 1.37. The summed E-state index contributed by atoms with van der Waals surface area (Å²) < 4.78 is 13.2. The fourth-order valence-electron chi connectivity index (χ4n) is 4.21. The maximum atomic E-state index is 12.8. The second-order valence-electron chi connectivity index (χ2n) is 8.70. The van der Waals surface area contributed by atoms with Crippen LogP contribution in [-0.4, -0.2) is 63.4 Å². The minimum Gasteiger partial charge on any atom is -0.493 e. The van der Waals surface area contributed by atoms with Gasteiger partial charge in [0.25, 0.3) is 5.91 Å². The Kier molecular flexibility index (Phi) is 6.63. The highest BCUT2D eigenvalue weighted by molar-refractivity contribution is 8.26. The molecule has 0 spiro atoms. The van der Waals surface area contributed by atoms with Crippen LogP contribution in [0.3, 0.4) is 0 Å². The van der Waals surface area contributed by atoms with E-state index in [2.05, 4.69) is 21.9 Å². The van der Waals surface area contributed by atoms with E-state index in [9.17, 15) is 4.79 Å². The van der Waals surface area contributed by atoms with Crippen LogP contribution < -0.4 is 9.47 Å². The van der Waals surface area contributed by atoms with Gasteiger partial charge in [0.2, 0.25) is 5.17 Å². The normalized spacial score (nSPS) is 19.7. The Morgan fingerprint density at radius 3 is 2.69 bits per heavy atom. The lowest BCUT2D eigenvalue weighted by atomic mass is 10.00. The molecule has 2 aromatic rings. The molecule has 0 atom stereocenters. The molecule has 3 aliphatic rings. The molecule has 9 nitrogen and oxygen atoms in total. The minimum absolute atomic E-state index is 0.0471. The van der Waals surface area contributed by atoms with Crippen molar-refractivity contribution in [3.63, 3.8) is 0 Å². The van der Waals surface area contributed by atoms with Gasteiger partial charge in [0.05, 0.1) is 19.2 Å². The number of methoxy groups -OCH3 is 1. The highest BCUT2D eigenvalue weighted by Crippen LogP contribution is 2.31. The third-order valence-corrected chi connectivity index (χ3v) is 7.28. The number of hydrogen-bond donors (Lipinski definition) is 1. The summed E-state index contributed by atoms with van der Waals surface area (Å²) in [7, 11) is 1.61. The van der Waals surface area contributed by atoms with E-state index in [4.69, 9.17) is 14.9 Å². The van der Waals surface area contributed by atoms with E-state index in [1.165, 1.54) is 16.8 Å². The summed E-state index contributed by atoms with van der Waals surface area (Å²) in [6.07, 6.45) is 5.86. The minimum atomic E-state index is -0.421. The van der Waals surface area contributed by atoms with Crippen LogP contribution in [0.4, 0.5) is 0 Å². The second-order valence-corrected chi connectivity index (χ2v) is 9.63. The molecule has 0 unspecified atom stereocenters. The largest absolute Gasteiger partial charge is 0.493 e. The number of ether oxygens (including phenoxy) is 2. The predicted molar refractivity (Wildman–Crippen MR) is 138 cm³/mol. The number of thioether (sulfide) groups is 1. The van der Waals surface area contributed by atoms with Gasteiger partial charge in [0, 0.05) is 25.0 Å². The third-order valence-electron chi connectivity index (χ3n) is 6.31. The average molecular weight is 493 g/mol. The first kappa shape index (κ1) is 23.2. The van der Waals surface area contributed by atoms with E-state index in [1.54, 1.807) is 13.2 Å². The molecular formula is C25H28N6O3S. The molecule has 1 N–H and O–H groups in total. The van der Waals surface area contributed by atoms with Crippen molar-refractivity contribution in [3.8, 4) is 11.5 Å². The number of nitrogens with zero attached hydrogens (tertiary/aromatic N) is 5. The van der Waals surface area contributed by atoms with Crippen molar-refractivity contribution in [2.45, 2.75) is 26.3 Å². The topological polar surface area (TPSA) is 95.5 Å². The maximum Gasteiger partial charge on any atom is 0.283 e. The maximum absolute atomic E-state index is 12.8. The third kappa shape index (κ3) is 4.84. The number of piperidine rings is 1. The molecule has 0 bridgehead atoms. The molecule has 1 aromatic carbocycles. The first-order valence-electron chi connectivity index (χ1n) is 11.7. The summed E-state index contributed by atoms with van der Waals surface area (Å²) in [5.74, 6) is 1.70. The highest BCUT2D eigenvalue weighted by Gasteiger charge is 2.37. The fourth-order valence-corrected chi connectivity index (χ4v) is 5.16. The van der Waals surface area contributed by atoms with E-state index in [-0.39, 0.29) is 11.4 Å². The molecule has 10 heteroatoms. The first-order chi connectivity index (χ1) is 17.0. The lowest BCUT2D eigenvalue weighted by Crippen LogP contribution is -2.36. The summed E-state index contributed by atoms with van der Waals surface area (Å²) in [6.45, 7) is 5.12. The van der Waals surface area contributed by atoms with E-state index < -0.39 is 5.91 Å². The van der Waals surface area contributed by atoms with Crippen molar-refractivity contribution in [1.82, 2.24) is 14.5 Å². The molecule has 3 aliphatic heterocycles. The highest BCUT2D eigenvalue weighted by atomic mass is 32.2. The van der Waals surface area contributed by atoms with Gasteiger partial charge in [-0.25, -0.2) is 0 Å². The van der Waals surface area contributed by atoms with Gasteiger partial charge < -0.3 is 18.9 Å². The molecule has 0 radical (unpaired) electrons. The molecule has 35 heavy (non-hydrogen) atoms. The van der Waals surface area contributed by atoms with Gasteiger partial charge in [0.1, 0.15) is 6.61 Å². The number of fused-ring (bicyclic) bond motifs is 1. The summed E-state index contributed by atoms with van der Waals surface area (Å²) in [5.41, 5.74) is 1.01. The Balaban J connectivity index is 1.29. The molecule has 1 amide bonds. The van der Waals surface area contributed by atoms with Gasteiger partial charge in [-0.3, -0.25) is 10.2 Å². The number of aromatic nitrogens is 1. The van der Waals surface area contributed by atoms with Crippen molar-refractivity contribution < 1.29 is 14.3 Å². The number of amidine groups is 3. The predicted octanol–water partition coefficient (Wildman–Crippen LogP) is 3.88. The van der Waals surface area contributed by atoms with E-state index in [0.717, 1.165) is 36.8 Å². The zero-order chi connectivity index (χ0) is 24.4. The van der Waals surface area contributed by atoms with Gasteiger partial charge in [0.15, 0.2) is 22.5 Å². The van der Waals surface area contributed by atoms with Gasteiger partial charge in [-0.1, -0.05) is 19.1 Å². The zero-order valence-corrected chi connectivity index (χ0v) is 20.6. The number of amides is 1. The number of likely N-dealkylation sites (tertiary alicyclic amines) is 1. The smallest absolute Gasteiger partial charge is 0.283 e. The molecular weight excluding hydrogens is 464 g/mol. The quantitative estimate of drug-likeness (QED) is 0.615. The van der Waals surface area contributed by atoms with Crippen molar-refractivity contribution in [1.29, 1.82) is 5.41 Å². The van der Waals surface area contributed by atoms with Gasteiger partial charge in [-0.15, -0.1) is 5.10 Å². The summed E-state index contributed by atoms with van der Waals surface area (Å²) in [5, 5.41) is 16.0. The molecule has 1 fully saturated rings. The number of carbonyl (C=O) groups is 1. The Hall–Kier alpha value is -3.53. The molecule has 0 saturated carbocycles. The van der Waals surface area contributed by atoms with Gasteiger partial charge >= 0.3 is 0 Å². The first-order valence-corrected chi connectivity index (χ1v) is 12.5. The van der Waals surface area contributed by atoms with Crippen LogP contribution in [0.15, 0.2) is 58.3 Å². The molecule has 1 saturated heterocycles. The molecule has 4 heterocycles. The Bertz CT molecular complexity index is 1230. The van der Waals surface area contributed by atoms with E-state index >= 15 is 0 Å². The van der Waals surface area contributed by atoms with Crippen LogP contribution in [0.5, 0.6) is 11.5 Å². The number of hydrogen-bond acceptors (Lipinski definition) is 7. The lowest BCUT2D eigenvalue weighted by molar-refractivity contribution is -0.114. The van der Waals surface area contributed by atoms with Gasteiger partial charge in [-0.2, -0.15) is 10.0 Å². The Morgan fingerprint density at radius 1 is 1.14 bits per heavy atom. The number of para-hydroxylation sites is 2. The number of nitrogens with one attached hydrogen (secondary N) is 1. The fraction of sp³-hybridized carbons (Fsp3) is 0.360. The number of hydrazone groups is 1. The Morgan fingerprint density at radius 2 is 1.91 bits per heavy atom. The number of carbonyl (C=O) groups excluding carboxylic acids is 1. The van der Waals surface area contributed by atoms with Crippen LogP contribution in [-0.2, 0) is 11.3 Å². The lowest BCUT2D eigenvalue weighted by Gasteiger charge is -2.30. The number of benzene rings is 1. The van der Waals surface area contributed by atoms with Crippen molar-refractivity contribution >= 4 is 39.9 Å². The Labute approximate surface area is 208 Å². The van der Waals surface area contributed by atoms with Crippen LogP contribution in [0.25, 0.3) is 6.08 Å². The monoisotopic (exact) mass is 492 g/mol. The summed E-state index contributed by atoms with van der Waals surface area (Å²) in [6, 6.07) is 11.3. The van der Waals surface area contributed by atoms with Crippen LogP contribution >= 0.6 is 11.8 Å². The van der Waals surface area contributed by atoms with Crippen molar-refractivity contribution in [3.05, 3.63) is 53.9 Å². The second kappa shape index (κ2) is 9.99. The zero-order valence-electron chi connectivity index (χ0n) is 19.8. The standard InChI is InChI=1S/C25H28N6O3S/c1-17-9-12-30(13-10-17)25-28-31-22(26)19(23(32)27-24(31)35-25)16-18-6-5-11-29(18)14-15-34-21-8-4-3-7-20(21)33-2/h3-8,11,16-17,26H,9-10,12-15H2,1-2H3/b19-16+,26-22?. The molecule has 182 valence electrons. The number of rotatable bonds is 6. The van der Waals surface area contributed by atoms with Crippen LogP contribution in [0.2, 0.25) is 0 Å².